The Morgan fingerprint density at radius 3 is 2.68 bits per heavy atom. The van der Waals surface area contributed by atoms with E-state index in [9.17, 15) is 14.3 Å². The number of nitrogens with one attached hydrogen (secondary N) is 2. The number of amides is 1. The molecule has 5 rings (SSSR count). The van der Waals surface area contributed by atoms with Gasteiger partial charge in [0.2, 0.25) is 17.8 Å². The first-order valence-electron chi connectivity index (χ1n) is 11.6. The number of nitrogens with zero attached hydrogens (tertiary/aromatic N) is 4. The lowest BCUT2D eigenvalue weighted by Gasteiger charge is -2.29. The summed E-state index contributed by atoms with van der Waals surface area (Å²) in [5.41, 5.74) is 6.87. The molecule has 2 saturated carbocycles. The normalized spacial score (nSPS) is 24.9. The Kier molecular flexibility index (Phi) is 6.26. The number of fused-ring (bicyclic) bond motifs is 1. The second kappa shape index (κ2) is 9.34. The molecular weight excluding hydrogens is 461 g/mol. The van der Waals surface area contributed by atoms with E-state index in [1.165, 1.54) is 18.2 Å². The van der Waals surface area contributed by atoms with Gasteiger partial charge in [-0.05, 0) is 63.1 Å². The Labute approximate surface area is 200 Å². The monoisotopic (exact) mass is 487 g/mol. The number of benzene rings is 1. The standard InChI is InChI=1S/C23H27ClFN7O2/c24-13-6-9-15(25)17(10-13)29-23-30-18-11-27-22(28-16-2-1-3-19(16)33)31-21(18)32(23)14-7-4-12(5-8-14)20(26)34/h6,9-12,14,16,19,33H,1-5,7-8H2,(H2,26,34)(H,29,30)(H,27,28,31)/t12-,14+,16-,19-/m1/s1. The van der Waals surface area contributed by atoms with Gasteiger partial charge in [-0.2, -0.15) is 4.98 Å². The molecule has 2 aliphatic rings. The Morgan fingerprint density at radius 2 is 1.97 bits per heavy atom. The van der Waals surface area contributed by atoms with Crippen LogP contribution in [0.2, 0.25) is 5.02 Å². The van der Waals surface area contributed by atoms with E-state index in [-0.39, 0.29) is 29.6 Å². The quantitative estimate of drug-likeness (QED) is 0.414. The fraction of sp³-hybridized carbons (Fsp3) is 0.478. The molecule has 2 fully saturated rings. The topological polar surface area (TPSA) is 131 Å². The predicted octanol–water partition coefficient (Wildman–Crippen LogP) is 3.90. The number of rotatable bonds is 6. The lowest BCUT2D eigenvalue weighted by molar-refractivity contribution is -0.122. The number of imidazole rings is 1. The molecule has 0 aliphatic heterocycles. The number of hydrogen-bond acceptors (Lipinski definition) is 7. The first-order valence-corrected chi connectivity index (χ1v) is 12.0. The second-order valence-corrected chi connectivity index (χ2v) is 9.55. The van der Waals surface area contributed by atoms with Gasteiger partial charge < -0.3 is 21.5 Å². The van der Waals surface area contributed by atoms with Crippen LogP contribution in [0.15, 0.2) is 24.4 Å². The molecule has 9 nitrogen and oxygen atoms in total. The molecule has 1 amide bonds. The molecule has 5 N–H and O–H groups in total. The van der Waals surface area contributed by atoms with Gasteiger partial charge in [-0.1, -0.05) is 11.6 Å². The minimum atomic E-state index is -0.455. The van der Waals surface area contributed by atoms with Gasteiger partial charge in [0.05, 0.1) is 24.0 Å². The number of halogens is 2. The van der Waals surface area contributed by atoms with E-state index in [0.717, 1.165) is 19.3 Å². The van der Waals surface area contributed by atoms with Gasteiger partial charge in [0, 0.05) is 17.0 Å². The number of carbonyl (C=O) groups excluding carboxylic acids is 1. The van der Waals surface area contributed by atoms with Crippen LogP contribution in [-0.4, -0.2) is 42.7 Å². The Morgan fingerprint density at radius 1 is 1.18 bits per heavy atom. The maximum Gasteiger partial charge on any atom is 0.225 e. The summed E-state index contributed by atoms with van der Waals surface area (Å²) < 4.78 is 16.4. The average Bonchev–Trinajstić information content (AvgIpc) is 3.38. The zero-order chi connectivity index (χ0) is 23.8. The van der Waals surface area contributed by atoms with Crippen molar-refractivity contribution in [3.05, 3.63) is 35.2 Å². The summed E-state index contributed by atoms with van der Waals surface area (Å²) in [5, 5.41) is 16.9. The van der Waals surface area contributed by atoms with Crippen molar-refractivity contribution in [3.8, 4) is 0 Å². The van der Waals surface area contributed by atoms with Gasteiger partial charge in [-0.25, -0.2) is 14.4 Å². The molecule has 0 saturated heterocycles. The van der Waals surface area contributed by atoms with Gasteiger partial charge in [-0.3, -0.25) is 9.36 Å². The number of aliphatic hydroxyl groups excluding tert-OH is 1. The summed E-state index contributed by atoms with van der Waals surface area (Å²) in [6.45, 7) is 0. The third kappa shape index (κ3) is 4.52. The van der Waals surface area contributed by atoms with Crippen molar-refractivity contribution in [3.63, 3.8) is 0 Å². The van der Waals surface area contributed by atoms with Gasteiger partial charge in [0.1, 0.15) is 11.3 Å². The Hall–Kier alpha value is -2.98. The van der Waals surface area contributed by atoms with Crippen molar-refractivity contribution in [2.75, 3.05) is 10.6 Å². The molecule has 11 heteroatoms. The number of primary amides is 1. The van der Waals surface area contributed by atoms with Crippen LogP contribution in [0, 0.1) is 11.7 Å². The van der Waals surface area contributed by atoms with Gasteiger partial charge in [-0.15, -0.1) is 0 Å². The Bertz CT molecular complexity index is 1210. The lowest BCUT2D eigenvalue weighted by Crippen LogP contribution is -2.29. The van der Waals surface area contributed by atoms with Crippen molar-refractivity contribution in [1.82, 2.24) is 19.5 Å². The Balaban J connectivity index is 1.52. The highest BCUT2D eigenvalue weighted by molar-refractivity contribution is 6.30. The minimum absolute atomic E-state index is 0.00911. The molecule has 180 valence electrons. The van der Waals surface area contributed by atoms with Crippen LogP contribution in [0.25, 0.3) is 11.2 Å². The highest BCUT2D eigenvalue weighted by Gasteiger charge is 2.30. The van der Waals surface area contributed by atoms with E-state index in [4.69, 9.17) is 22.3 Å². The van der Waals surface area contributed by atoms with Crippen LogP contribution in [0.5, 0.6) is 0 Å². The van der Waals surface area contributed by atoms with Crippen LogP contribution in [0.4, 0.5) is 22.0 Å². The van der Waals surface area contributed by atoms with E-state index < -0.39 is 11.9 Å². The first kappa shape index (κ1) is 22.8. The smallest absolute Gasteiger partial charge is 0.225 e. The highest BCUT2D eigenvalue weighted by Crippen LogP contribution is 2.37. The molecule has 1 aromatic carbocycles. The van der Waals surface area contributed by atoms with Gasteiger partial charge in [0.15, 0.2) is 5.65 Å². The lowest BCUT2D eigenvalue weighted by atomic mass is 9.85. The fourth-order valence-electron chi connectivity index (χ4n) is 5.00. The molecule has 34 heavy (non-hydrogen) atoms. The molecule has 0 unspecified atom stereocenters. The minimum Gasteiger partial charge on any atom is -0.391 e. The molecule has 2 atom stereocenters. The number of nitrogens with two attached hydrogens (primary N) is 1. The molecule has 2 heterocycles. The molecule has 0 radical (unpaired) electrons. The molecular formula is C23H27ClFN7O2. The molecule has 3 aromatic rings. The summed E-state index contributed by atoms with van der Waals surface area (Å²) in [6, 6.07) is 4.18. The van der Waals surface area contributed by atoms with Crippen molar-refractivity contribution in [2.45, 2.75) is 63.1 Å². The van der Waals surface area contributed by atoms with E-state index in [1.54, 1.807) is 6.20 Å². The zero-order valence-electron chi connectivity index (χ0n) is 18.5. The maximum absolute atomic E-state index is 14.5. The predicted molar refractivity (Wildman–Crippen MR) is 127 cm³/mol. The largest absolute Gasteiger partial charge is 0.391 e. The van der Waals surface area contributed by atoms with Gasteiger partial charge in [0.25, 0.3) is 0 Å². The van der Waals surface area contributed by atoms with Crippen LogP contribution < -0.4 is 16.4 Å². The van der Waals surface area contributed by atoms with Crippen molar-refractivity contribution in [1.29, 1.82) is 0 Å². The third-order valence-corrected chi connectivity index (χ3v) is 7.10. The van der Waals surface area contributed by atoms with Crippen LogP contribution in [0.3, 0.4) is 0 Å². The average molecular weight is 488 g/mol. The zero-order valence-corrected chi connectivity index (χ0v) is 19.3. The van der Waals surface area contributed by atoms with E-state index in [0.29, 0.717) is 53.8 Å². The SMILES string of the molecule is NC(=O)[C@H]1CC[C@@H](n2c(Nc3cc(Cl)ccc3F)nc3cnc(N[C@@H]4CCC[C@H]4O)nc32)CC1. The number of aliphatic hydroxyl groups is 1. The first-order chi connectivity index (χ1) is 16.4. The second-order valence-electron chi connectivity index (χ2n) is 9.11. The molecule has 2 aromatic heterocycles. The molecule has 2 aliphatic carbocycles. The van der Waals surface area contributed by atoms with Crippen LogP contribution in [-0.2, 0) is 4.79 Å². The van der Waals surface area contributed by atoms with E-state index >= 15 is 0 Å². The van der Waals surface area contributed by atoms with E-state index in [2.05, 4.69) is 20.6 Å². The number of hydrogen-bond donors (Lipinski definition) is 4. The summed E-state index contributed by atoms with van der Waals surface area (Å²) in [4.78, 5) is 25.4. The summed E-state index contributed by atoms with van der Waals surface area (Å²) in [5.74, 6) is -0.0539. The van der Waals surface area contributed by atoms with Gasteiger partial charge >= 0.3 is 0 Å². The molecule has 0 spiro atoms. The van der Waals surface area contributed by atoms with E-state index in [1.807, 2.05) is 4.57 Å². The third-order valence-electron chi connectivity index (χ3n) is 6.87. The number of anilines is 3. The van der Waals surface area contributed by atoms with Crippen molar-refractivity contribution in [2.24, 2.45) is 11.7 Å². The van der Waals surface area contributed by atoms with Crippen LogP contribution in [0.1, 0.15) is 51.0 Å². The number of aromatic nitrogens is 4. The summed E-state index contributed by atoms with van der Waals surface area (Å²) in [6.07, 6.45) is 6.47. The van der Waals surface area contributed by atoms with Crippen molar-refractivity contribution < 1.29 is 14.3 Å². The summed E-state index contributed by atoms with van der Waals surface area (Å²) >= 11 is 6.08. The summed E-state index contributed by atoms with van der Waals surface area (Å²) in [7, 11) is 0. The maximum atomic E-state index is 14.5. The molecule has 0 bridgehead atoms. The fourth-order valence-corrected chi connectivity index (χ4v) is 5.17. The highest BCUT2D eigenvalue weighted by atomic mass is 35.5. The van der Waals surface area contributed by atoms with Crippen LogP contribution >= 0.6 is 11.6 Å². The number of carbonyl (C=O) groups is 1. The van der Waals surface area contributed by atoms with Crippen molar-refractivity contribution >= 4 is 46.3 Å².